The van der Waals surface area contributed by atoms with Gasteiger partial charge in [-0.3, -0.25) is 14.8 Å². The molecule has 23 heavy (non-hydrogen) atoms. The highest BCUT2D eigenvalue weighted by Crippen LogP contribution is 2.30. The van der Waals surface area contributed by atoms with Crippen LogP contribution in [0, 0.1) is 0 Å². The monoisotopic (exact) mass is 318 g/mol. The van der Waals surface area contributed by atoms with E-state index in [0.29, 0.717) is 11.8 Å². The molecular weight excluding hydrogens is 296 g/mol. The number of H-pyrrole nitrogens is 1. The minimum absolute atomic E-state index is 0.0733. The fraction of sp³-hybridized carbons (Fsp3) is 0.600. The Balaban J connectivity index is 1.70. The van der Waals surface area contributed by atoms with Gasteiger partial charge in [0.25, 0.3) is 5.91 Å². The van der Waals surface area contributed by atoms with Crippen LogP contribution in [0.4, 0.5) is 0 Å². The second-order valence-corrected chi connectivity index (χ2v) is 5.99. The predicted octanol–water partition coefficient (Wildman–Crippen LogP) is 1.39. The van der Waals surface area contributed by atoms with Gasteiger partial charge in [0.05, 0.1) is 6.04 Å². The summed E-state index contributed by atoms with van der Waals surface area (Å²) in [6.45, 7) is 5.92. The molecule has 2 aromatic rings. The summed E-state index contributed by atoms with van der Waals surface area (Å²) < 4.78 is 5.36. The fourth-order valence-electron chi connectivity index (χ4n) is 3.02. The Kier molecular flexibility index (Phi) is 4.42. The Hall–Kier alpha value is -2.22. The lowest BCUT2D eigenvalue weighted by Crippen LogP contribution is -2.36. The lowest BCUT2D eigenvalue weighted by Gasteiger charge is -2.34. The van der Waals surface area contributed by atoms with E-state index >= 15 is 0 Å². The zero-order valence-corrected chi connectivity index (χ0v) is 13.5. The van der Waals surface area contributed by atoms with E-state index in [9.17, 15) is 4.79 Å². The number of hydrogen-bond acceptors (Lipinski definition) is 6. The number of primary amides is 1. The highest BCUT2D eigenvalue weighted by atomic mass is 16.5. The van der Waals surface area contributed by atoms with Gasteiger partial charge in [-0.1, -0.05) is 12.1 Å². The molecule has 3 N–H and O–H groups in total. The number of piperidine rings is 1. The first-order chi connectivity index (χ1) is 11.1. The fourth-order valence-corrected chi connectivity index (χ4v) is 3.02. The predicted molar refractivity (Wildman–Crippen MR) is 82.7 cm³/mol. The zero-order valence-electron chi connectivity index (χ0n) is 13.5. The summed E-state index contributed by atoms with van der Waals surface area (Å²) >= 11 is 0. The van der Waals surface area contributed by atoms with Gasteiger partial charge >= 0.3 is 0 Å². The summed E-state index contributed by atoms with van der Waals surface area (Å²) in [6, 6.07) is 1.83. The Labute approximate surface area is 134 Å². The van der Waals surface area contributed by atoms with Crippen LogP contribution >= 0.6 is 0 Å². The molecule has 1 aliphatic heterocycles. The van der Waals surface area contributed by atoms with Gasteiger partial charge in [-0.2, -0.15) is 10.1 Å². The van der Waals surface area contributed by atoms with Crippen molar-refractivity contribution >= 4 is 5.91 Å². The Morgan fingerprint density at radius 3 is 3.09 bits per heavy atom. The number of nitrogens with one attached hydrogen (secondary N) is 1. The first-order valence-electron chi connectivity index (χ1n) is 8.00. The number of rotatable bonds is 5. The molecule has 2 aromatic heterocycles. The van der Waals surface area contributed by atoms with Crippen LogP contribution in [0.2, 0.25) is 0 Å². The number of nitrogens with zero attached hydrogens (tertiary/aromatic N) is 4. The van der Waals surface area contributed by atoms with Gasteiger partial charge in [-0.15, -0.1) is 0 Å². The topological polar surface area (TPSA) is 114 Å². The first-order valence-corrected chi connectivity index (χ1v) is 8.00. The van der Waals surface area contributed by atoms with Crippen molar-refractivity contribution in [3.05, 3.63) is 29.2 Å². The lowest BCUT2D eigenvalue weighted by molar-refractivity contribution is 0.0995. The summed E-state index contributed by atoms with van der Waals surface area (Å²) in [5.74, 6) is 1.18. The Morgan fingerprint density at radius 1 is 1.61 bits per heavy atom. The van der Waals surface area contributed by atoms with E-state index in [4.69, 9.17) is 10.3 Å². The highest BCUT2D eigenvalue weighted by molar-refractivity contribution is 5.90. The van der Waals surface area contributed by atoms with Crippen LogP contribution in [0.25, 0.3) is 0 Å². The van der Waals surface area contributed by atoms with Gasteiger partial charge in [0.1, 0.15) is 5.69 Å². The molecule has 0 bridgehead atoms. The lowest BCUT2D eigenvalue weighted by atomic mass is 9.93. The number of aryl methyl sites for hydroxylation is 1. The molecule has 3 rings (SSSR count). The molecule has 8 heteroatoms. The number of likely N-dealkylation sites (tertiary alicyclic amines) is 1. The summed E-state index contributed by atoms with van der Waals surface area (Å²) in [7, 11) is 0. The minimum Gasteiger partial charge on any atom is -0.364 e. The Morgan fingerprint density at radius 2 is 2.43 bits per heavy atom. The third-order valence-corrected chi connectivity index (χ3v) is 4.45. The second kappa shape index (κ2) is 6.49. The number of aromatic amines is 1. The van der Waals surface area contributed by atoms with Crippen molar-refractivity contribution in [2.75, 3.05) is 13.1 Å². The van der Waals surface area contributed by atoms with Gasteiger partial charge in [0.2, 0.25) is 5.89 Å². The number of nitrogens with two attached hydrogens (primary N) is 1. The summed E-state index contributed by atoms with van der Waals surface area (Å²) in [6.07, 6.45) is 2.88. The molecule has 3 heterocycles. The van der Waals surface area contributed by atoms with Crippen molar-refractivity contribution in [1.29, 1.82) is 0 Å². The van der Waals surface area contributed by atoms with Crippen LogP contribution in [0.15, 0.2) is 10.6 Å². The minimum atomic E-state index is -0.508. The molecular formula is C15H22N6O2. The molecule has 1 aliphatic rings. The van der Waals surface area contributed by atoms with Gasteiger partial charge in [-0.25, -0.2) is 0 Å². The smallest absolute Gasteiger partial charge is 0.269 e. The van der Waals surface area contributed by atoms with Crippen molar-refractivity contribution in [3.63, 3.8) is 0 Å². The molecule has 1 fully saturated rings. The van der Waals surface area contributed by atoms with E-state index in [0.717, 1.165) is 43.9 Å². The van der Waals surface area contributed by atoms with Crippen molar-refractivity contribution in [3.8, 4) is 0 Å². The largest absolute Gasteiger partial charge is 0.364 e. The van der Waals surface area contributed by atoms with Crippen LogP contribution in [0.1, 0.15) is 66.5 Å². The molecule has 1 saturated heterocycles. The molecule has 0 saturated carbocycles. The third-order valence-electron chi connectivity index (χ3n) is 4.45. The van der Waals surface area contributed by atoms with Crippen molar-refractivity contribution in [2.45, 2.75) is 45.1 Å². The Bertz CT molecular complexity index is 679. The number of carbonyl (C=O) groups is 1. The third kappa shape index (κ3) is 3.26. The number of hydrogen-bond donors (Lipinski definition) is 2. The maximum absolute atomic E-state index is 11.2. The van der Waals surface area contributed by atoms with E-state index in [-0.39, 0.29) is 11.7 Å². The second-order valence-electron chi connectivity index (χ2n) is 5.99. The molecule has 0 aliphatic carbocycles. The molecule has 1 amide bonds. The molecule has 0 aromatic carbocycles. The van der Waals surface area contributed by atoms with E-state index < -0.39 is 5.91 Å². The molecule has 2 atom stereocenters. The summed E-state index contributed by atoms with van der Waals surface area (Å²) in [4.78, 5) is 17.9. The number of amides is 1. The molecule has 0 radical (unpaired) electrons. The van der Waals surface area contributed by atoms with Gasteiger partial charge in [0.15, 0.2) is 5.82 Å². The standard InChI is InChI=1S/C15H22N6O2/c1-3-13-17-15(23-20-13)9(2)21-6-4-5-10(8-21)11-7-12(14(16)22)19-18-11/h7,9-10H,3-6,8H2,1-2H3,(H2,16,22)(H,18,19)/t9-,10+/m0/s1. The van der Waals surface area contributed by atoms with Crippen molar-refractivity contribution < 1.29 is 9.32 Å². The van der Waals surface area contributed by atoms with Crippen LogP contribution < -0.4 is 5.73 Å². The highest BCUT2D eigenvalue weighted by Gasteiger charge is 2.29. The van der Waals surface area contributed by atoms with E-state index in [1.807, 2.05) is 6.92 Å². The average molecular weight is 318 g/mol. The first kappa shape index (κ1) is 15.7. The molecule has 124 valence electrons. The molecule has 0 spiro atoms. The van der Waals surface area contributed by atoms with Gasteiger partial charge < -0.3 is 10.3 Å². The number of aromatic nitrogens is 4. The van der Waals surface area contributed by atoms with Gasteiger partial charge in [-0.05, 0) is 32.4 Å². The maximum atomic E-state index is 11.2. The van der Waals surface area contributed by atoms with E-state index in [1.165, 1.54) is 0 Å². The zero-order chi connectivity index (χ0) is 16.4. The van der Waals surface area contributed by atoms with Gasteiger partial charge in [0, 0.05) is 24.6 Å². The van der Waals surface area contributed by atoms with Crippen molar-refractivity contribution in [1.82, 2.24) is 25.2 Å². The van der Waals surface area contributed by atoms with Crippen LogP contribution in [-0.4, -0.2) is 44.2 Å². The SMILES string of the molecule is CCc1noc([C@H](C)N2CCC[C@@H](c3cc(C(N)=O)n[nH]3)C2)n1. The molecule has 0 unspecified atom stereocenters. The quantitative estimate of drug-likeness (QED) is 0.861. The number of carbonyl (C=O) groups excluding carboxylic acids is 1. The summed E-state index contributed by atoms with van der Waals surface area (Å²) in [5.41, 5.74) is 6.51. The van der Waals surface area contributed by atoms with Crippen LogP contribution in [-0.2, 0) is 6.42 Å². The summed E-state index contributed by atoms with van der Waals surface area (Å²) in [5, 5.41) is 10.9. The van der Waals surface area contributed by atoms with E-state index in [2.05, 4.69) is 32.2 Å². The normalized spacial score (nSPS) is 20.5. The molecule has 8 nitrogen and oxygen atoms in total. The van der Waals surface area contributed by atoms with E-state index in [1.54, 1.807) is 6.07 Å². The maximum Gasteiger partial charge on any atom is 0.269 e. The average Bonchev–Trinajstić information content (AvgIpc) is 3.23. The van der Waals surface area contributed by atoms with Crippen LogP contribution in [0.5, 0.6) is 0 Å². The van der Waals surface area contributed by atoms with Crippen molar-refractivity contribution in [2.24, 2.45) is 5.73 Å². The van der Waals surface area contributed by atoms with Crippen LogP contribution in [0.3, 0.4) is 0 Å².